The number of hydrogen-bond donors (Lipinski definition) is 3. The van der Waals surface area contributed by atoms with Gasteiger partial charge in [0.05, 0.1) is 12.4 Å². The van der Waals surface area contributed by atoms with Gasteiger partial charge in [-0.15, -0.1) is 0 Å². The Morgan fingerprint density at radius 3 is 1.75 bits per heavy atom. The molecule has 6 nitrogen and oxygen atoms in total. The Bertz CT molecular complexity index is 2360. The largest absolute Gasteiger partial charge is 0.372 e. The van der Waals surface area contributed by atoms with E-state index in [1.54, 1.807) is 0 Å². The number of nitrogens with one attached hydrogen (secondary N) is 2. The predicted octanol–water partition coefficient (Wildman–Crippen LogP) is 10.6. The minimum absolute atomic E-state index is 0. The number of aromatic nitrogens is 3. The molecule has 5 N–H and O–H groups in total. The Kier molecular flexibility index (Phi) is 9.33. The van der Waals surface area contributed by atoms with E-state index in [9.17, 15) is 0 Å². The third-order valence-electron chi connectivity index (χ3n) is 9.03. The molecule has 6 aromatic carbocycles. The maximum Gasteiger partial charge on any atom is 0.164 e. The van der Waals surface area contributed by atoms with Crippen LogP contribution < -0.4 is 16.8 Å². The molecule has 7 aromatic rings. The quantitative estimate of drug-likeness (QED) is 0.150. The highest BCUT2D eigenvalue weighted by Gasteiger charge is 2.17. The van der Waals surface area contributed by atoms with Gasteiger partial charge in [0, 0.05) is 28.5 Å². The highest BCUT2D eigenvalue weighted by molar-refractivity contribution is 6.00. The Morgan fingerprint density at radius 1 is 0.569 bits per heavy atom. The van der Waals surface area contributed by atoms with E-state index < -0.39 is 0 Å². The van der Waals surface area contributed by atoms with Crippen LogP contribution in [0.3, 0.4) is 0 Å². The topological polar surface area (TPSA) is 97.7 Å². The number of benzene rings is 6. The van der Waals surface area contributed by atoms with Crippen LogP contribution in [-0.2, 0) is 0 Å². The number of hydrogen-bond acceptors (Lipinski definition) is 6. The van der Waals surface area contributed by atoms with Crippen LogP contribution in [0.5, 0.6) is 0 Å². The third-order valence-corrected chi connectivity index (χ3v) is 9.03. The molecule has 0 radical (unpaired) electrons. The summed E-state index contributed by atoms with van der Waals surface area (Å²) in [5, 5.41) is 9.15. The zero-order valence-corrected chi connectivity index (χ0v) is 28.5. The van der Waals surface area contributed by atoms with Crippen LogP contribution in [0.25, 0.3) is 85.0 Å². The van der Waals surface area contributed by atoms with E-state index in [4.69, 9.17) is 15.0 Å². The first-order valence-corrected chi connectivity index (χ1v) is 16.8. The van der Waals surface area contributed by atoms with Gasteiger partial charge in [0.1, 0.15) is 0 Å². The lowest BCUT2D eigenvalue weighted by molar-refractivity contribution is 0.843. The lowest BCUT2D eigenvalue weighted by atomic mass is 9.89. The van der Waals surface area contributed by atoms with Crippen molar-refractivity contribution in [2.24, 2.45) is 0 Å². The molecule has 0 saturated carbocycles. The summed E-state index contributed by atoms with van der Waals surface area (Å²) >= 11 is 0. The number of fused-ring (bicyclic) bond motifs is 1. The van der Waals surface area contributed by atoms with Gasteiger partial charge in [-0.25, -0.2) is 15.0 Å². The smallest absolute Gasteiger partial charge is 0.164 e. The Balaban J connectivity index is 0.00000406. The molecule has 8 rings (SSSR count). The first kappa shape index (κ1) is 32.9. The van der Waals surface area contributed by atoms with E-state index in [0.717, 1.165) is 50.2 Å². The van der Waals surface area contributed by atoms with Gasteiger partial charge in [-0.05, 0) is 75.3 Å². The number of rotatable bonds is 8. The molecule has 0 spiro atoms. The molecular formula is C45H38N6. The van der Waals surface area contributed by atoms with Gasteiger partial charge in [0.2, 0.25) is 0 Å². The summed E-state index contributed by atoms with van der Waals surface area (Å²) in [6, 6.07) is 46.3. The standard InChI is InChI=1S/C45H35N5.H3N/c1-3-13-40-38(4-2)39-19-12-11-18-34(39)27-41(40)31-22-20-30(21-23-31)35-24-36(42-28-46-29-47-42)26-37(25-35)45-49-43(32-14-7-5-8-15-32)48-44(50-45)33-16-9-6-10-17-33;/h3-28,46-47H,2,29H2,1H3;1H3/b13-3-;. The van der Waals surface area contributed by atoms with Gasteiger partial charge in [-0.1, -0.05) is 134 Å². The Labute approximate surface area is 298 Å². The zero-order chi connectivity index (χ0) is 33.9. The van der Waals surface area contributed by atoms with Crippen molar-refractivity contribution in [1.82, 2.24) is 31.7 Å². The molecule has 51 heavy (non-hydrogen) atoms. The summed E-state index contributed by atoms with van der Waals surface area (Å²) in [7, 11) is 0. The first-order valence-electron chi connectivity index (χ1n) is 16.8. The molecule has 248 valence electrons. The van der Waals surface area contributed by atoms with Crippen LogP contribution in [0.15, 0.2) is 152 Å². The first-order chi connectivity index (χ1) is 24.7. The molecule has 0 amide bonds. The van der Waals surface area contributed by atoms with Crippen LogP contribution in [-0.4, -0.2) is 21.6 Å². The normalized spacial score (nSPS) is 12.2. The summed E-state index contributed by atoms with van der Waals surface area (Å²) in [6.45, 7) is 6.91. The fraction of sp³-hybridized carbons (Fsp3) is 0.0444. The molecule has 0 saturated heterocycles. The molecule has 1 aromatic heterocycles. The molecule has 6 heteroatoms. The van der Waals surface area contributed by atoms with Crippen LogP contribution >= 0.6 is 0 Å². The molecule has 0 unspecified atom stereocenters. The Morgan fingerprint density at radius 2 is 1.14 bits per heavy atom. The van der Waals surface area contributed by atoms with Crippen LogP contribution in [0, 0.1) is 0 Å². The fourth-order valence-electron chi connectivity index (χ4n) is 6.59. The second-order valence-corrected chi connectivity index (χ2v) is 12.2. The van der Waals surface area contributed by atoms with Crippen LogP contribution in [0.2, 0.25) is 0 Å². The second-order valence-electron chi connectivity index (χ2n) is 12.2. The van der Waals surface area contributed by atoms with Crippen molar-refractivity contribution in [3.8, 4) is 56.4 Å². The molecule has 0 fully saturated rings. The molecule has 0 atom stereocenters. The van der Waals surface area contributed by atoms with E-state index in [2.05, 4.69) is 109 Å². The van der Waals surface area contributed by atoms with E-state index in [1.807, 2.05) is 72.9 Å². The summed E-state index contributed by atoms with van der Waals surface area (Å²) in [5.74, 6) is 1.89. The van der Waals surface area contributed by atoms with E-state index >= 15 is 0 Å². The summed E-state index contributed by atoms with van der Waals surface area (Å²) in [6.07, 6.45) is 8.26. The van der Waals surface area contributed by atoms with E-state index in [0.29, 0.717) is 24.1 Å². The lowest BCUT2D eigenvalue weighted by Crippen LogP contribution is -2.13. The maximum absolute atomic E-state index is 5.03. The molecule has 0 bridgehead atoms. The summed E-state index contributed by atoms with van der Waals surface area (Å²) in [4.78, 5) is 15.0. The van der Waals surface area contributed by atoms with Crippen molar-refractivity contribution >= 4 is 28.6 Å². The van der Waals surface area contributed by atoms with Crippen molar-refractivity contribution in [3.63, 3.8) is 0 Å². The fourth-order valence-corrected chi connectivity index (χ4v) is 6.59. The number of nitrogens with zero attached hydrogens (tertiary/aromatic N) is 3. The van der Waals surface area contributed by atoms with Gasteiger partial charge >= 0.3 is 0 Å². The Hall–Kier alpha value is -6.63. The van der Waals surface area contributed by atoms with Gasteiger partial charge in [0.15, 0.2) is 17.5 Å². The van der Waals surface area contributed by atoms with Crippen molar-refractivity contribution in [1.29, 1.82) is 0 Å². The molecule has 0 aliphatic carbocycles. The van der Waals surface area contributed by atoms with Crippen molar-refractivity contribution in [3.05, 3.63) is 169 Å². The van der Waals surface area contributed by atoms with E-state index in [-0.39, 0.29) is 6.15 Å². The summed E-state index contributed by atoms with van der Waals surface area (Å²) in [5.41, 5.74) is 11.7. The van der Waals surface area contributed by atoms with Gasteiger partial charge in [0.25, 0.3) is 0 Å². The monoisotopic (exact) mass is 662 g/mol. The molecule has 2 heterocycles. The summed E-state index contributed by atoms with van der Waals surface area (Å²) < 4.78 is 0. The van der Waals surface area contributed by atoms with Crippen molar-refractivity contribution in [2.45, 2.75) is 6.92 Å². The lowest BCUT2D eigenvalue weighted by Gasteiger charge is -2.15. The highest BCUT2D eigenvalue weighted by atomic mass is 15.1. The van der Waals surface area contributed by atoms with Gasteiger partial charge in [-0.3, -0.25) is 0 Å². The van der Waals surface area contributed by atoms with Crippen molar-refractivity contribution < 1.29 is 0 Å². The second kappa shape index (κ2) is 14.5. The minimum Gasteiger partial charge on any atom is -0.372 e. The molecule has 1 aliphatic rings. The van der Waals surface area contributed by atoms with E-state index in [1.165, 1.54) is 21.9 Å². The molecular weight excluding hydrogens is 625 g/mol. The maximum atomic E-state index is 5.03. The minimum atomic E-state index is 0. The van der Waals surface area contributed by atoms with Crippen LogP contribution in [0.4, 0.5) is 0 Å². The molecule has 1 aliphatic heterocycles. The van der Waals surface area contributed by atoms with Crippen LogP contribution in [0.1, 0.15) is 23.6 Å². The van der Waals surface area contributed by atoms with Crippen molar-refractivity contribution in [2.75, 3.05) is 6.67 Å². The third kappa shape index (κ3) is 6.56. The predicted molar refractivity (Wildman–Crippen MR) is 213 cm³/mol. The SMILES string of the molecule is C=Cc1c(/C=C\C)c(-c2ccc(-c3cc(C4=CNCN4)cc(-c4nc(-c5ccccc5)nc(-c5ccccc5)n4)c3)cc2)cc2ccccc12.N. The average molecular weight is 663 g/mol. The zero-order valence-electron chi connectivity index (χ0n) is 28.5. The van der Waals surface area contributed by atoms with Gasteiger partial charge < -0.3 is 16.8 Å². The highest BCUT2D eigenvalue weighted by Crippen LogP contribution is 2.37. The van der Waals surface area contributed by atoms with Gasteiger partial charge in [-0.2, -0.15) is 0 Å². The average Bonchev–Trinajstić information content (AvgIpc) is 3.74. The number of allylic oxidation sites excluding steroid dienone is 1.